The molecular weight excluding hydrogens is 352 g/mol. The molecule has 26 heavy (non-hydrogen) atoms. The van der Waals surface area contributed by atoms with Gasteiger partial charge in [0.2, 0.25) is 0 Å². The van der Waals surface area contributed by atoms with Gasteiger partial charge in [-0.2, -0.15) is 0 Å². The number of ether oxygens (including phenoxy) is 1. The Morgan fingerprint density at radius 3 is 2.73 bits per heavy atom. The fourth-order valence-corrected chi connectivity index (χ4v) is 4.21. The van der Waals surface area contributed by atoms with Gasteiger partial charge in [-0.3, -0.25) is 14.9 Å². The Balaban J connectivity index is 1.58. The molecule has 0 aromatic heterocycles. The first-order valence-corrected chi connectivity index (χ1v) is 9.42. The monoisotopic (exact) mass is 372 g/mol. The maximum Gasteiger partial charge on any atom is 0.273 e. The molecule has 6 nitrogen and oxygen atoms in total. The molecule has 2 aromatic carbocycles. The number of anilines is 1. The Hall–Kier alpha value is -2.54. The Morgan fingerprint density at radius 2 is 1.96 bits per heavy atom. The smallest absolute Gasteiger partial charge is 0.273 e. The summed E-state index contributed by atoms with van der Waals surface area (Å²) >= 11 is 1.81. The molecule has 3 rings (SSSR count). The zero-order chi connectivity index (χ0) is 18.4. The number of carbonyl (C=O) groups is 1. The molecular formula is C19H20N2O4S. The number of nitrogens with one attached hydrogen (secondary N) is 1. The largest absolute Gasteiger partial charge is 0.484 e. The molecule has 7 heteroatoms. The second-order valence-electron chi connectivity index (χ2n) is 6.11. The van der Waals surface area contributed by atoms with E-state index in [0.717, 1.165) is 10.6 Å². The molecule has 0 spiro atoms. The fraction of sp³-hybridized carbons (Fsp3) is 0.316. The number of hydrogen-bond donors (Lipinski definition) is 1. The third-order valence-electron chi connectivity index (χ3n) is 4.16. The number of nitro groups is 1. The normalized spacial score (nSPS) is 14.2. The van der Waals surface area contributed by atoms with Crippen LogP contribution in [0.3, 0.4) is 0 Å². The molecule has 1 fully saturated rings. The summed E-state index contributed by atoms with van der Waals surface area (Å²) in [6, 6.07) is 13.5. The first-order valence-electron chi connectivity index (χ1n) is 8.54. The van der Waals surface area contributed by atoms with Crippen molar-refractivity contribution < 1.29 is 14.5 Å². The number of thioether (sulfide) groups is 1. The van der Waals surface area contributed by atoms with Gasteiger partial charge in [-0.25, -0.2) is 0 Å². The molecule has 2 aromatic rings. The van der Waals surface area contributed by atoms with Gasteiger partial charge in [0.1, 0.15) is 5.75 Å². The lowest BCUT2D eigenvalue weighted by Gasteiger charge is -2.14. The van der Waals surface area contributed by atoms with Crippen LogP contribution in [0.1, 0.15) is 25.7 Å². The summed E-state index contributed by atoms with van der Waals surface area (Å²) in [6.45, 7) is -0.205. The average Bonchev–Trinajstić information content (AvgIpc) is 3.15. The van der Waals surface area contributed by atoms with Crippen LogP contribution >= 0.6 is 11.8 Å². The van der Waals surface area contributed by atoms with Gasteiger partial charge in [-0.15, -0.1) is 11.8 Å². The first kappa shape index (κ1) is 18.3. The van der Waals surface area contributed by atoms with Crippen LogP contribution in [0, 0.1) is 10.1 Å². The quantitative estimate of drug-likeness (QED) is 0.565. The molecule has 1 saturated carbocycles. The molecule has 0 aliphatic heterocycles. The molecule has 1 aliphatic rings. The lowest BCUT2D eigenvalue weighted by molar-refractivity contribution is -0.384. The van der Waals surface area contributed by atoms with E-state index in [9.17, 15) is 14.9 Å². The van der Waals surface area contributed by atoms with Crippen LogP contribution in [0.4, 0.5) is 11.4 Å². The van der Waals surface area contributed by atoms with Crippen molar-refractivity contribution >= 4 is 29.0 Å². The van der Waals surface area contributed by atoms with Crippen LogP contribution in [0.15, 0.2) is 53.4 Å². The zero-order valence-corrected chi connectivity index (χ0v) is 15.0. The average molecular weight is 372 g/mol. The molecule has 0 radical (unpaired) electrons. The van der Waals surface area contributed by atoms with Crippen molar-refractivity contribution in [3.05, 3.63) is 58.6 Å². The van der Waals surface area contributed by atoms with Gasteiger partial charge in [-0.05, 0) is 31.0 Å². The van der Waals surface area contributed by atoms with Crippen LogP contribution in [-0.2, 0) is 4.79 Å². The number of hydrogen-bond acceptors (Lipinski definition) is 5. The Bertz CT molecular complexity index is 791. The number of carbonyl (C=O) groups excluding carboxylic acids is 1. The van der Waals surface area contributed by atoms with E-state index in [1.807, 2.05) is 36.0 Å². The third kappa shape index (κ3) is 4.98. The van der Waals surface area contributed by atoms with E-state index >= 15 is 0 Å². The second kappa shape index (κ2) is 8.71. The van der Waals surface area contributed by atoms with E-state index < -0.39 is 4.92 Å². The summed E-state index contributed by atoms with van der Waals surface area (Å²) in [5.41, 5.74) is 0.707. The molecule has 0 saturated heterocycles. The summed E-state index contributed by atoms with van der Waals surface area (Å²) in [7, 11) is 0. The second-order valence-corrected chi connectivity index (χ2v) is 7.45. The van der Waals surface area contributed by atoms with Crippen molar-refractivity contribution in [1.29, 1.82) is 0 Å². The van der Waals surface area contributed by atoms with E-state index in [2.05, 4.69) is 5.32 Å². The Morgan fingerprint density at radius 1 is 1.19 bits per heavy atom. The van der Waals surface area contributed by atoms with Crippen molar-refractivity contribution in [2.45, 2.75) is 35.8 Å². The molecule has 0 bridgehead atoms. The summed E-state index contributed by atoms with van der Waals surface area (Å²) in [4.78, 5) is 23.6. The minimum atomic E-state index is -0.497. The van der Waals surface area contributed by atoms with Crippen LogP contribution in [0.5, 0.6) is 5.75 Å². The molecule has 0 heterocycles. The Labute approximate surface area is 156 Å². The van der Waals surface area contributed by atoms with E-state index in [-0.39, 0.29) is 18.2 Å². The van der Waals surface area contributed by atoms with Crippen LogP contribution in [0.2, 0.25) is 0 Å². The fourth-order valence-electron chi connectivity index (χ4n) is 2.88. The number of nitrogens with zero attached hydrogens (tertiary/aromatic N) is 1. The van der Waals surface area contributed by atoms with Crippen LogP contribution in [0.25, 0.3) is 0 Å². The molecule has 136 valence electrons. The predicted molar refractivity (Wildman–Crippen MR) is 102 cm³/mol. The maximum atomic E-state index is 12.2. The van der Waals surface area contributed by atoms with E-state index in [4.69, 9.17) is 4.74 Å². The van der Waals surface area contributed by atoms with Gasteiger partial charge in [0.25, 0.3) is 11.6 Å². The minimum Gasteiger partial charge on any atom is -0.484 e. The van der Waals surface area contributed by atoms with E-state index in [1.54, 1.807) is 6.07 Å². The third-order valence-corrected chi connectivity index (χ3v) is 5.57. The van der Waals surface area contributed by atoms with Gasteiger partial charge < -0.3 is 10.1 Å². The van der Waals surface area contributed by atoms with Crippen molar-refractivity contribution in [3.63, 3.8) is 0 Å². The highest BCUT2D eigenvalue weighted by molar-refractivity contribution is 8.00. The number of non-ortho nitro benzene ring substituents is 1. The highest BCUT2D eigenvalue weighted by Gasteiger charge is 2.18. The van der Waals surface area contributed by atoms with E-state index in [0.29, 0.717) is 11.0 Å². The van der Waals surface area contributed by atoms with Crippen molar-refractivity contribution in [2.75, 3.05) is 11.9 Å². The number of nitro benzene ring substituents is 1. The molecule has 1 N–H and O–H groups in total. The molecule has 0 atom stereocenters. The van der Waals surface area contributed by atoms with Crippen LogP contribution in [-0.4, -0.2) is 22.7 Å². The maximum absolute atomic E-state index is 12.2. The topological polar surface area (TPSA) is 81.5 Å². The SMILES string of the molecule is O=C(COc1cccc([N+](=O)[O-])c1)Nc1ccccc1SC1CCCC1. The number of rotatable bonds is 7. The number of para-hydroxylation sites is 1. The zero-order valence-electron chi connectivity index (χ0n) is 14.2. The first-order chi connectivity index (χ1) is 12.6. The standard InChI is InChI=1S/C19H20N2O4S/c22-19(13-25-15-7-5-6-14(12-15)21(23)24)20-17-10-3-4-11-18(17)26-16-8-1-2-9-16/h3-7,10-12,16H,1-2,8-9,13H2,(H,20,22). The molecule has 1 amide bonds. The van der Waals surface area contributed by atoms with Gasteiger partial charge in [0.05, 0.1) is 16.7 Å². The van der Waals surface area contributed by atoms with E-state index in [1.165, 1.54) is 43.9 Å². The van der Waals surface area contributed by atoms with Gasteiger partial charge >= 0.3 is 0 Å². The highest BCUT2D eigenvalue weighted by atomic mass is 32.2. The van der Waals surface area contributed by atoms with Gasteiger partial charge in [0.15, 0.2) is 6.61 Å². The van der Waals surface area contributed by atoms with Crippen molar-refractivity contribution in [1.82, 2.24) is 0 Å². The van der Waals surface area contributed by atoms with Gasteiger partial charge in [-0.1, -0.05) is 31.0 Å². The van der Waals surface area contributed by atoms with Crippen LogP contribution < -0.4 is 10.1 Å². The molecule has 0 unspecified atom stereocenters. The van der Waals surface area contributed by atoms with Crippen molar-refractivity contribution in [3.8, 4) is 5.75 Å². The van der Waals surface area contributed by atoms with Crippen molar-refractivity contribution in [2.24, 2.45) is 0 Å². The van der Waals surface area contributed by atoms with Gasteiger partial charge in [0, 0.05) is 16.2 Å². The number of amides is 1. The Kier molecular flexibility index (Phi) is 6.12. The summed E-state index contributed by atoms with van der Waals surface area (Å²) < 4.78 is 5.38. The predicted octanol–water partition coefficient (Wildman–Crippen LogP) is 4.65. The summed E-state index contributed by atoms with van der Waals surface area (Å²) in [5.74, 6) is -0.000978. The summed E-state index contributed by atoms with van der Waals surface area (Å²) in [5, 5.41) is 14.3. The summed E-state index contributed by atoms with van der Waals surface area (Å²) in [6.07, 6.45) is 4.96. The minimum absolute atomic E-state index is 0.0683. The lowest BCUT2D eigenvalue weighted by Crippen LogP contribution is -2.20. The number of benzene rings is 2. The lowest BCUT2D eigenvalue weighted by atomic mass is 10.3. The highest BCUT2D eigenvalue weighted by Crippen LogP contribution is 2.38. The molecule has 1 aliphatic carbocycles.